The number of anilines is 1. The molecule has 4 rings (SSSR count). The van der Waals surface area contributed by atoms with Crippen molar-refractivity contribution in [1.29, 1.82) is 0 Å². The van der Waals surface area contributed by atoms with E-state index in [1.165, 1.54) is 16.8 Å². The number of benzene rings is 1. The number of piperazine rings is 1. The average Bonchev–Trinajstić information content (AvgIpc) is 3.32. The molecule has 12 heteroatoms. The third-order valence-electron chi connectivity index (χ3n) is 4.95. The number of carbonyl (C=O) groups is 1. The Hall–Kier alpha value is -2.89. The smallest absolute Gasteiger partial charge is 0.238 e. The zero-order chi connectivity index (χ0) is 20.4. The van der Waals surface area contributed by atoms with Crippen LogP contribution in [0.3, 0.4) is 0 Å². The molecule has 1 unspecified atom stereocenters. The molecule has 3 heterocycles. The number of aryl methyl sites for hydroxylation is 2. The van der Waals surface area contributed by atoms with Gasteiger partial charge in [-0.25, -0.2) is 9.37 Å². The van der Waals surface area contributed by atoms with Crippen molar-refractivity contribution < 1.29 is 9.18 Å². The number of imidazole rings is 1. The molecule has 1 aromatic carbocycles. The number of rotatable bonds is 5. The molecule has 2 aromatic heterocycles. The number of tetrazole rings is 1. The van der Waals surface area contributed by atoms with E-state index in [0.717, 1.165) is 12.4 Å². The van der Waals surface area contributed by atoms with Crippen molar-refractivity contribution in [2.75, 3.05) is 31.5 Å². The number of aromatic nitrogens is 6. The molecule has 1 saturated heterocycles. The molecule has 1 aliphatic heterocycles. The number of nitrogens with zero attached hydrogens (tertiary/aromatic N) is 7. The number of nitrogens with one attached hydrogen (secondary N) is 2. The predicted octanol–water partition coefficient (Wildman–Crippen LogP) is 0.850. The van der Waals surface area contributed by atoms with E-state index in [9.17, 15) is 9.18 Å². The third kappa shape index (κ3) is 4.48. The third-order valence-corrected chi connectivity index (χ3v) is 4.95. The first-order valence-corrected chi connectivity index (χ1v) is 9.29. The van der Waals surface area contributed by atoms with Gasteiger partial charge in [-0.2, -0.15) is 4.68 Å². The van der Waals surface area contributed by atoms with Gasteiger partial charge in [0.1, 0.15) is 11.6 Å². The van der Waals surface area contributed by atoms with E-state index >= 15 is 0 Å². The highest BCUT2D eigenvalue weighted by Gasteiger charge is 2.28. The van der Waals surface area contributed by atoms with E-state index in [-0.39, 0.29) is 36.6 Å². The van der Waals surface area contributed by atoms with E-state index in [2.05, 4.69) is 31.1 Å². The number of hydrogen-bond donors (Lipinski definition) is 2. The Kier molecular flexibility index (Phi) is 6.75. The van der Waals surface area contributed by atoms with Gasteiger partial charge in [0.05, 0.1) is 24.0 Å². The van der Waals surface area contributed by atoms with Crippen LogP contribution in [-0.4, -0.2) is 66.7 Å². The van der Waals surface area contributed by atoms with Gasteiger partial charge in [-0.05, 0) is 35.5 Å². The van der Waals surface area contributed by atoms with Gasteiger partial charge in [0.25, 0.3) is 0 Å². The van der Waals surface area contributed by atoms with Crippen LogP contribution in [0.15, 0.2) is 30.6 Å². The SMILES string of the molecule is Cc1nnnn1-c1ccc(F)c(NC(=O)CN2CCNCC2c2nccn2C)c1.Cl. The molecular weight excluding hydrogens is 413 g/mol. The molecule has 160 valence electrons. The molecule has 0 spiro atoms. The topological polar surface area (TPSA) is 106 Å². The summed E-state index contributed by atoms with van der Waals surface area (Å²) in [6.07, 6.45) is 3.62. The second-order valence-electron chi connectivity index (χ2n) is 6.94. The first kappa shape index (κ1) is 21.8. The molecule has 30 heavy (non-hydrogen) atoms. The Bertz CT molecular complexity index is 1020. The van der Waals surface area contributed by atoms with Crippen molar-refractivity contribution in [3.63, 3.8) is 0 Å². The van der Waals surface area contributed by atoms with Crippen molar-refractivity contribution in [1.82, 2.24) is 40.0 Å². The summed E-state index contributed by atoms with van der Waals surface area (Å²) in [5.74, 6) is 0.629. The van der Waals surface area contributed by atoms with Crippen LogP contribution in [-0.2, 0) is 11.8 Å². The fourth-order valence-corrected chi connectivity index (χ4v) is 3.47. The minimum atomic E-state index is -0.520. The second kappa shape index (κ2) is 9.28. The first-order chi connectivity index (χ1) is 14.0. The van der Waals surface area contributed by atoms with Crippen molar-refractivity contribution in [3.8, 4) is 5.69 Å². The quantitative estimate of drug-likeness (QED) is 0.612. The largest absolute Gasteiger partial charge is 0.337 e. The van der Waals surface area contributed by atoms with Crippen molar-refractivity contribution >= 4 is 24.0 Å². The lowest BCUT2D eigenvalue weighted by Crippen LogP contribution is -2.49. The van der Waals surface area contributed by atoms with Gasteiger partial charge in [-0.15, -0.1) is 17.5 Å². The van der Waals surface area contributed by atoms with E-state index in [4.69, 9.17) is 0 Å². The molecule has 1 aliphatic rings. The maximum Gasteiger partial charge on any atom is 0.238 e. The fourth-order valence-electron chi connectivity index (χ4n) is 3.47. The fraction of sp³-hybridized carbons (Fsp3) is 0.389. The van der Waals surface area contributed by atoms with Crippen LogP contribution < -0.4 is 10.6 Å². The molecule has 1 amide bonds. The van der Waals surface area contributed by atoms with Crippen LogP contribution >= 0.6 is 12.4 Å². The van der Waals surface area contributed by atoms with Crippen LogP contribution in [0.4, 0.5) is 10.1 Å². The average molecular weight is 436 g/mol. The summed E-state index contributed by atoms with van der Waals surface area (Å²) in [4.78, 5) is 19.1. The zero-order valence-electron chi connectivity index (χ0n) is 16.6. The number of hydrogen-bond acceptors (Lipinski definition) is 7. The Labute approximate surface area is 178 Å². The second-order valence-corrected chi connectivity index (χ2v) is 6.94. The Morgan fingerprint density at radius 1 is 1.40 bits per heavy atom. The van der Waals surface area contributed by atoms with Crippen molar-refractivity contribution in [3.05, 3.63) is 48.1 Å². The van der Waals surface area contributed by atoms with E-state index in [1.807, 2.05) is 22.7 Å². The minimum absolute atomic E-state index is 0. The molecule has 1 atom stereocenters. The summed E-state index contributed by atoms with van der Waals surface area (Å²) in [5, 5.41) is 17.3. The predicted molar refractivity (Wildman–Crippen MR) is 110 cm³/mol. The molecule has 0 saturated carbocycles. The standard InChI is InChI=1S/C18H22FN9O.ClH/c1-12-23-24-25-28(12)13-3-4-14(19)15(9-13)22-17(29)11-27-8-5-20-10-16(27)18-21-6-7-26(18)2;/h3-4,6-7,9,16,20H,5,8,10-11H2,1-2H3,(H,22,29);1H. The first-order valence-electron chi connectivity index (χ1n) is 9.29. The van der Waals surface area contributed by atoms with E-state index < -0.39 is 5.82 Å². The van der Waals surface area contributed by atoms with Crippen LogP contribution in [0.2, 0.25) is 0 Å². The lowest BCUT2D eigenvalue weighted by Gasteiger charge is -2.35. The minimum Gasteiger partial charge on any atom is -0.337 e. The monoisotopic (exact) mass is 435 g/mol. The molecule has 3 aromatic rings. The van der Waals surface area contributed by atoms with Crippen LogP contribution in [0.5, 0.6) is 0 Å². The van der Waals surface area contributed by atoms with Crippen LogP contribution in [0.25, 0.3) is 5.69 Å². The summed E-state index contributed by atoms with van der Waals surface area (Å²) < 4.78 is 17.7. The summed E-state index contributed by atoms with van der Waals surface area (Å²) in [6, 6.07) is 4.33. The highest BCUT2D eigenvalue weighted by molar-refractivity contribution is 5.92. The Morgan fingerprint density at radius 3 is 2.93 bits per heavy atom. The van der Waals surface area contributed by atoms with Gasteiger partial charge in [0, 0.05) is 39.1 Å². The lowest BCUT2D eigenvalue weighted by molar-refractivity contribution is -0.118. The molecule has 0 radical (unpaired) electrons. The van der Waals surface area contributed by atoms with Gasteiger partial charge < -0.3 is 15.2 Å². The maximum absolute atomic E-state index is 14.3. The summed E-state index contributed by atoms with van der Waals surface area (Å²) in [5.41, 5.74) is 0.656. The summed E-state index contributed by atoms with van der Waals surface area (Å²) in [6.45, 7) is 4.03. The normalized spacial score (nSPS) is 16.8. The molecular formula is C18H23ClFN9O. The summed E-state index contributed by atoms with van der Waals surface area (Å²) >= 11 is 0. The molecule has 10 nitrogen and oxygen atoms in total. The molecule has 0 bridgehead atoms. The zero-order valence-corrected chi connectivity index (χ0v) is 17.4. The highest BCUT2D eigenvalue weighted by atomic mass is 35.5. The van der Waals surface area contributed by atoms with Gasteiger partial charge in [-0.1, -0.05) is 0 Å². The molecule has 1 fully saturated rings. The van der Waals surface area contributed by atoms with Crippen LogP contribution in [0.1, 0.15) is 17.7 Å². The van der Waals surface area contributed by atoms with Crippen molar-refractivity contribution in [2.24, 2.45) is 7.05 Å². The van der Waals surface area contributed by atoms with Gasteiger partial charge in [0.2, 0.25) is 5.91 Å². The molecule has 0 aliphatic carbocycles. The number of halogens is 2. The summed E-state index contributed by atoms with van der Waals surface area (Å²) in [7, 11) is 1.93. The van der Waals surface area contributed by atoms with Crippen LogP contribution in [0, 0.1) is 12.7 Å². The number of carbonyl (C=O) groups excluding carboxylic acids is 1. The van der Waals surface area contributed by atoms with Gasteiger partial charge in [0.15, 0.2) is 5.82 Å². The van der Waals surface area contributed by atoms with E-state index in [1.54, 1.807) is 19.2 Å². The van der Waals surface area contributed by atoms with E-state index in [0.29, 0.717) is 24.6 Å². The van der Waals surface area contributed by atoms with Gasteiger partial charge in [-0.3, -0.25) is 9.69 Å². The Balaban J connectivity index is 0.00000256. The number of amides is 1. The maximum atomic E-state index is 14.3. The Morgan fingerprint density at radius 2 is 2.23 bits per heavy atom. The molecule has 2 N–H and O–H groups in total. The lowest BCUT2D eigenvalue weighted by atomic mass is 10.1. The van der Waals surface area contributed by atoms with Gasteiger partial charge >= 0.3 is 0 Å². The van der Waals surface area contributed by atoms with Crippen molar-refractivity contribution in [2.45, 2.75) is 13.0 Å². The highest BCUT2D eigenvalue weighted by Crippen LogP contribution is 2.22.